The summed E-state index contributed by atoms with van der Waals surface area (Å²) in [5.74, 6) is -2.15. The fraction of sp³-hybridized carbons (Fsp3) is 0.258. The van der Waals surface area contributed by atoms with Gasteiger partial charge in [0.15, 0.2) is 0 Å². The molecule has 0 aromatic heterocycles. The SMILES string of the molecule is NCc1cccc(N=C(C=C(N)C(F)(F)F)C(=O)Nc2cc(C(N)(CCC3CC3)c3cccc(C(N)=O)c3)ccc2F)c1. The Balaban J connectivity index is 1.74. The molecule has 4 rings (SSSR count). The zero-order chi connectivity index (χ0) is 31.4. The summed E-state index contributed by atoms with van der Waals surface area (Å²) in [5.41, 5.74) is 21.4. The Morgan fingerprint density at radius 1 is 0.977 bits per heavy atom. The van der Waals surface area contributed by atoms with Gasteiger partial charge in [0.25, 0.3) is 5.91 Å². The lowest BCUT2D eigenvalue weighted by atomic mass is 9.79. The molecule has 226 valence electrons. The zero-order valence-electron chi connectivity index (χ0n) is 23.1. The first-order valence-corrected chi connectivity index (χ1v) is 13.5. The molecule has 0 radical (unpaired) electrons. The number of carbonyl (C=O) groups excluding carboxylic acids is 2. The van der Waals surface area contributed by atoms with Gasteiger partial charge >= 0.3 is 6.18 Å². The minimum absolute atomic E-state index is 0.132. The molecule has 0 bridgehead atoms. The molecule has 12 heteroatoms. The van der Waals surface area contributed by atoms with Crippen LogP contribution >= 0.6 is 0 Å². The normalized spacial score (nSPS) is 15.6. The molecule has 0 heterocycles. The van der Waals surface area contributed by atoms with Gasteiger partial charge in [-0.05, 0) is 77.9 Å². The number of carbonyl (C=O) groups is 2. The Labute approximate surface area is 245 Å². The summed E-state index contributed by atoms with van der Waals surface area (Å²) in [6, 6.07) is 16.6. The summed E-state index contributed by atoms with van der Waals surface area (Å²) in [4.78, 5) is 29.2. The van der Waals surface area contributed by atoms with Gasteiger partial charge in [0, 0.05) is 12.1 Å². The highest BCUT2D eigenvalue weighted by Crippen LogP contribution is 2.40. The van der Waals surface area contributed by atoms with Crippen molar-refractivity contribution in [2.45, 2.75) is 43.9 Å². The van der Waals surface area contributed by atoms with Crippen molar-refractivity contribution in [3.63, 3.8) is 0 Å². The van der Waals surface area contributed by atoms with Crippen LogP contribution in [0.1, 0.15) is 52.7 Å². The van der Waals surface area contributed by atoms with Crippen LogP contribution in [0.5, 0.6) is 0 Å². The average Bonchev–Trinajstić information content (AvgIpc) is 3.81. The maximum absolute atomic E-state index is 15.1. The largest absolute Gasteiger partial charge is 0.430 e. The van der Waals surface area contributed by atoms with E-state index in [2.05, 4.69) is 10.3 Å². The molecule has 1 fully saturated rings. The summed E-state index contributed by atoms with van der Waals surface area (Å²) in [5, 5.41) is 2.32. The molecule has 3 aromatic rings. The number of allylic oxidation sites excluding steroid dienone is 1. The maximum Gasteiger partial charge on any atom is 0.430 e. The lowest BCUT2D eigenvalue weighted by molar-refractivity contribution is -0.110. The van der Waals surface area contributed by atoms with E-state index in [0.29, 0.717) is 35.1 Å². The lowest BCUT2D eigenvalue weighted by Gasteiger charge is -2.32. The molecule has 43 heavy (non-hydrogen) atoms. The first-order chi connectivity index (χ1) is 20.3. The standard InChI is InChI=1S/C31H32F4N6O2/c32-24-10-9-22(30(39,12-11-18-7-8-18)21-5-2-4-20(14-21)28(38)42)15-25(24)41-29(43)26(16-27(37)31(33,34)35)40-23-6-1-3-19(13-23)17-36/h1-6,9-10,13-16,18H,7-8,11-12,17,36-37,39H2,(H2,38,42)(H,41,43). The van der Waals surface area contributed by atoms with E-state index in [-0.39, 0.29) is 23.5 Å². The van der Waals surface area contributed by atoms with Crippen molar-refractivity contribution < 1.29 is 27.2 Å². The molecule has 3 aromatic carbocycles. The van der Waals surface area contributed by atoms with Crippen LogP contribution in [0.15, 0.2) is 83.5 Å². The molecule has 1 aliphatic carbocycles. The second kappa shape index (κ2) is 12.8. The third-order valence-electron chi connectivity index (χ3n) is 7.28. The fourth-order valence-electron chi connectivity index (χ4n) is 4.60. The minimum atomic E-state index is -4.94. The molecule has 1 saturated carbocycles. The molecule has 9 N–H and O–H groups in total. The van der Waals surface area contributed by atoms with E-state index < -0.39 is 40.8 Å². The Kier molecular flexibility index (Phi) is 9.31. The number of nitrogens with zero attached hydrogens (tertiary/aromatic N) is 1. The number of hydrogen-bond donors (Lipinski definition) is 5. The van der Waals surface area contributed by atoms with E-state index in [1.165, 1.54) is 24.3 Å². The summed E-state index contributed by atoms with van der Waals surface area (Å²) in [6.07, 6.45) is -1.24. The topological polar surface area (TPSA) is 163 Å². The van der Waals surface area contributed by atoms with E-state index in [9.17, 15) is 22.8 Å². The Bertz CT molecular complexity index is 1580. The predicted molar refractivity (Wildman–Crippen MR) is 157 cm³/mol. The highest BCUT2D eigenvalue weighted by Gasteiger charge is 2.35. The maximum atomic E-state index is 15.1. The van der Waals surface area contributed by atoms with Crippen molar-refractivity contribution in [2.75, 3.05) is 5.32 Å². The summed E-state index contributed by atoms with van der Waals surface area (Å²) in [6.45, 7) is 0.132. The number of halogens is 4. The predicted octanol–water partition coefficient (Wildman–Crippen LogP) is 4.89. The van der Waals surface area contributed by atoms with E-state index in [0.717, 1.165) is 25.3 Å². The second-order valence-corrected chi connectivity index (χ2v) is 10.5. The van der Waals surface area contributed by atoms with Crippen LogP contribution in [-0.4, -0.2) is 23.7 Å². The Morgan fingerprint density at radius 3 is 2.33 bits per heavy atom. The van der Waals surface area contributed by atoms with Crippen molar-refractivity contribution >= 4 is 28.9 Å². The number of alkyl halides is 3. The average molecular weight is 597 g/mol. The molecule has 1 atom stereocenters. The highest BCUT2D eigenvalue weighted by atomic mass is 19.4. The second-order valence-electron chi connectivity index (χ2n) is 10.5. The number of amides is 2. The first-order valence-electron chi connectivity index (χ1n) is 13.5. The Hall–Kier alpha value is -4.55. The van der Waals surface area contributed by atoms with E-state index in [1.807, 2.05) is 0 Å². The van der Waals surface area contributed by atoms with E-state index in [1.54, 1.807) is 36.4 Å². The molecule has 1 unspecified atom stereocenters. The first kappa shape index (κ1) is 31.4. The number of rotatable bonds is 11. The van der Waals surface area contributed by atoms with Crippen LogP contribution in [0.25, 0.3) is 0 Å². The van der Waals surface area contributed by atoms with Crippen molar-refractivity contribution in [2.24, 2.45) is 33.8 Å². The highest BCUT2D eigenvalue weighted by molar-refractivity contribution is 6.47. The third-order valence-corrected chi connectivity index (χ3v) is 7.28. The Morgan fingerprint density at radius 2 is 1.67 bits per heavy atom. The van der Waals surface area contributed by atoms with Crippen molar-refractivity contribution in [3.8, 4) is 0 Å². The van der Waals surface area contributed by atoms with Crippen LogP contribution in [0.4, 0.5) is 28.9 Å². The van der Waals surface area contributed by atoms with Crippen LogP contribution in [-0.2, 0) is 16.9 Å². The van der Waals surface area contributed by atoms with Crippen molar-refractivity contribution in [1.29, 1.82) is 0 Å². The van der Waals surface area contributed by atoms with Crippen LogP contribution in [0, 0.1) is 11.7 Å². The smallest absolute Gasteiger partial charge is 0.395 e. The number of nitrogens with one attached hydrogen (secondary N) is 1. The van der Waals surface area contributed by atoms with Gasteiger partial charge in [-0.3, -0.25) is 9.59 Å². The molecule has 2 amide bonds. The van der Waals surface area contributed by atoms with Gasteiger partial charge in [-0.25, -0.2) is 9.38 Å². The number of primary amides is 1. The lowest BCUT2D eigenvalue weighted by Crippen LogP contribution is -2.38. The van der Waals surface area contributed by atoms with Gasteiger partial charge in [-0.2, -0.15) is 13.2 Å². The van der Waals surface area contributed by atoms with Gasteiger partial charge in [-0.15, -0.1) is 0 Å². The molecule has 0 aliphatic heterocycles. The summed E-state index contributed by atoms with van der Waals surface area (Å²) in [7, 11) is 0. The number of anilines is 1. The molecular formula is C31H32F4N6O2. The third kappa shape index (κ3) is 7.85. The van der Waals surface area contributed by atoms with Crippen LogP contribution < -0.4 is 28.3 Å². The van der Waals surface area contributed by atoms with Crippen molar-refractivity contribution in [3.05, 3.63) is 107 Å². The quantitative estimate of drug-likeness (QED) is 0.157. The van der Waals surface area contributed by atoms with E-state index in [4.69, 9.17) is 22.9 Å². The van der Waals surface area contributed by atoms with Gasteiger partial charge < -0.3 is 28.3 Å². The van der Waals surface area contributed by atoms with Gasteiger partial charge in [0.1, 0.15) is 17.2 Å². The van der Waals surface area contributed by atoms with Crippen LogP contribution in [0.2, 0.25) is 0 Å². The molecule has 0 saturated heterocycles. The van der Waals surface area contributed by atoms with Crippen molar-refractivity contribution in [1.82, 2.24) is 0 Å². The minimum Gasteiger partial charge on any atom is -0.395 e. The number of nitrogens with two attached hydrogens (primary N) is 4. The zero-order valence-corrected chi connectivity index (χ0v) is 23.1. The van der Waals surface area contributed by atoms with Gasteiger partial charge in [0.2, 0.25) is 5.91 Å². The molecule has 8 nitrogen and oxygen atoms in total. The monoisotopic (exact) mass is 596 g/mol. The van der Waals surface area contributed by atoms with Crippen LogP contribution in [0.3, 0.4) is 0 Å². The molecule has 0 spiro atoms. The summed E-state index contributed by atoms with van der Waals surface area (Å²) >= 11 is 0. The van der Waals surface area contributed by atoms with E-state index >= 15 is 4.39 Å². The number of hydrogen-bond acceptors (Lipinski definition) is 6. The summed E-state index contributed by atoms with van der Waals surface area (Å²) < 4.78 is 54.9. The number of aliphatic imine (C=N–C) groups is 1. The molecule has 1 aliphatic rings. The molecular weight excluding hydrogens is 564 g/mol. The van der Waals surface area contributed by atoms with Gasteiger partial charge in [0.05, 0.1) is 16.9 Å². The van der Waals surface area contributed by atoms with Gasteiger partial charge in [-0.1, -0.05) is 43.2 Å². The number of benzene rings is 3. The fourth-order valence-corrected chi connectivity index (χ4v) is 4.60.